The Balaban J connectivity index is 0.00000363. The second-order valence-electron chi connectivity index (χ2n) is 9.69. The number of carbonyl (C=O) groups is 2. The number of nitrogens with one attached hydrogen (secondary N) is 2. The van der Waals surface area contributed by atoms with Crippen LogP contribution in [-0.4, -0.2) is 99.4 Å². The predicted molar refractivity (Wildman–Crippen MR) is 139 cm³/mol. The van der Waals surface area contributed by atoms with E-state index < -0.39 is 0 Å². The Kier molecular flexibility index (Phi) is 11.0. The summed E-state index contributed by atoms with van der Waals surface area (Å²) < 4.78 is 0. The Labute approximate surface area is 210 Å². The number of amides is 2. The summed E-state index contributed by atoms with van der Waals surface area (Å²) in [7, 11) is 5.46. The molecule has 1 aliphatic heterocycles. The van der Waals surface area contributed by atoms with Crippen LogP contribution >= 0.6 is 24.0 Å². The normalized spacial score (nSPS) is 21.8. The topological polar surface area (TPSA) is 80.3 Å². The lowest BCUT2D eigenvalue weighted by Gasteiger charge is -2.36. The fourth-order valence-electron chi connectivity index (χ4n) is 5.42. The van der Waals surface area contributed by atoms with Crippen LogP contribution < -0.4 is 10.6 Å². The van der Waals surface area contributed by atoms with Crippen LogP contribution in [0.2, 0.25) is 0 Å². The van der Waals surface area contributed by atoms with E-state index in [-0.39, 0.29) is 41.2 Å². The van der Waals surface area contributed by atoms with Gasteiger partial charge in [0.1, 0.15) is 0 Å². The van der Waals surface area contributed by atoms with Gasteiger partial charge in [-0.3, -0.25) is 19.5 Å². The van der Waals surface area contributed by atoms with Crippen molar-refractivity contribution in [2.24, 2.45) is 16.3 Å². The molecule has 32 heavy (non-hydrogen) atoms. The zero-order valence-electron chi connectivity index (χ0n) is 20.2. The molecule has 0 unspecified atom stereocenters. The van der Waals surface area contributed by atoms with E-state index in [1.807, 2.05) is 14.1 Å². The van der Waals surface area contributed by atoms with Crippen molar-refractivity contribution < 1.29 is 9.59 Å². The van der Waals surface area contributed by atoms with Crippen molar-refractivity contribution in [1.82, 2.24) is 25.3 Å². The number of nitrogens with zero attached hydrogens (tertiary/aromatic N) is 4. The first-order valence-electron chi connectivity index (χ1n) is 12.1. The summed E-state index contributed by atoms with van der Waals surface area (Å²) >= 11 is 0. The Morgan fingerprint density at radius 1 is 1.00 bits per heavy atom. The Morgan fingerprint density at radius 2 is 1.62 bits per heavy atom. The van der Waals surface area contributed by atoms with Crippen molar-refractivity contribution in [2.45, 2.75) is 51.4 Å². The molecule has 3 aliphatic rings. The minimum atomic E-state index is -0.302. The molecule has 9 heteroatoms. The van der Waals surface area contributed by atoms with Gasteiger partial charge in [-0.25, -0.2) is 0 Å². The fraction of sp³-hybridized carbons (Fsp3) is 0.870. The van der Waals surface area contributed by atoms with Crippen LogP contribution in [0.1, 0.15) is 51.4 Å². The number of carbonyl (C=O) groups excluding carboxylic acids is 2. The van der Waals surface area contributed by atoms with Gasteiger partial charge in [-0.15, -0.1) is 24.0 Å². The average Bonchev–Trinajstić information content (AvgIpc) is 3.48. The molecule has 2 N–H and O–H groups in total. The highest BCUT2D eigenvalue weighted by atomic mass is 127. The molecule has 8 nitrogen and oxygen atoms in total. The van der Waals surface area contributed by atoms with Crippen LogP contribution in [0.5, 0.6) is 0 Å². The molecular formula is C23H43IN6O2. The minimum absolute atomic E-state index is 0. The van der Waals surface area contributed by atoms with Crippen molar-refractivity contribution in [3.63, 3.8) is 0 Å². The van der Waals surface area contributed by atoms with Crippen molar-refractivity contribution in [3.05, 3.63) is 0 Å². The van der Waals surface area contributed by atoms with E-state index in [0.717, 1.165) is 83.8 Å². The van der Waals surface area contributed by atoms with Crippen molar-refractivity contribution >= 4 is 41.8 Å². The average molecular weight is 563 g/mol. The lowest BCUT2D eigenvalue weighted by Crippen LogP contribution is -2.52. The third-order valence-corrected chi connectivity index (χ3v) is 7.35. The SMILES string of the molecule is CN=C(NCCN1CCN(C(=O)C2CCCC2)CC1)NCC1(C(=O)N(C)C)CCCC1.I. The molecule has 0 atom stereocenters. The summed E-state index contributed by atoms with van der Waals surface area (Å²) in [5.41, 5.74) is -0.302. The molecular weight excluding hydrogens is 519 g/mol. The highest BCUT2D eigenvalue weighted by Crippen LogP contribution is 2.38. The molecule has 0 spiro atoms. The summed E-state index contributed by atoms with van der Waals surface area (Å²) in [6.07, 6.45) is 8.69. The second-order valence-corrected chi connectivity index (χ2v) is 9.69. The number of hydrogen-bond donors (Lipinski definition) is 2. The van der Waals surface area contributed by atoms with E-state index >= 15 is 0 Å². The van der Waals surface area contributed by atoms with Gasteiger partial charge in [-0.1, -0.05) is 25.7 Å². The molecule has 3 fully saturated rings. The van der Waals surface area contributed by atoms with Crippen LogP contribution in [0.25, 0.3) is 0 Å². The molecule has 1 saturated heterocycles. The molecule has 1 heterocycles. The van der Waals surface area contributed by atoms with Crippen LogP contribution in [0, 0.1) is 11.3 Å². The van der Waals surface area contributed by atoms with Crippen LogP contribution in [-0.2, 0) is 9.59 Å². The molecule has 0 radical (unpaired) electrons. The zero-order valence-corrected chi connectivity index (χ0v) is 22.5. The standard InChI is InChI=1S/C23H42N6O2.HI/c1-24-22(26-18-23(10-6-7-11-23)21(31)27(2)3)25-12-13-28-14-16-29(17-15-28)20(30)19-8-4-5-9-19;/h19H,4-18H2,1-3H3,(H2,24,25,26);1H. The first-order valence-corrected chi connectivity index (χ1v) is 12.1. The third kappa shape index (κ3) is 6.95. The molecule has 2 aliphatic carbocycles. The Bertz CT molecular complexity index is 636. The van der Waals surface area contributed by atoms with Gasteiger partial charge in [-0.2, -0.15) is 0 Å². The second kappa shape index (κ2) is 13.0. The minimum Gasteiger partial charge on any atom is -0.355 e. The lowest BCUT2D eigenvalue weighted by atomic mass is 9.84. The summed E-state index contributed by atoms with van der Waals surface area (Å²) in [6.45, 7) is 5.92. The Morgan fingerprint density at radius 3 is 2.19 bits per heavy atom. The molecule has 0 aromatic rings. The monoisotopic (exact) mass is 562 g/mol. The first kappa shape index (κ1) is 27.1. The van der Waals surface area contributed by atoms with Gasteiger partial charge in [0.25, 0.3) is 0 Å². The van der Waals surface area contributed by atoms with Gasteiger partial charge in [-0.05, 0) is 25.7 Å². The van der Waals surface area contributed by atoms with E-state index in [2.05, 4.69) is 25.4 Å². The molecule has 0 bridgehead atoms. The van der Waals surface area contributed by atoms with Gasteiger partial charge >= 0.3 is 0 Å². The van der Waals surface area contributed by atoms with Crippen molar-refractivity contribution in [3.8, 4) is 0 Å². The highest BCUT2D eigenvalue weighted by Gasteiger charge is 2.42. The van der Waals surface area contributed by atoms with E-state index in [9.17, 15) is 9.59 Å². The molecule has 0 aromatic heterocycles. The lowest BCUT2D eigenvalue weighted by molar-refractivity contribution is -0.139. The van der Waals surface area contributed by atoms with Gasteiger partial charge in [0, 0.05) is 72.9 Å². The van der Waals surface area contributed by atoms with Crippen molar-refractivity contribution in [2.75, 3.05) is 67.0 Å². The maximum atomic E-state index is 12.7. The molecule has 2 amide bonds. The molecule has 184 valence electrons. The zero-order chi connectivity index (χ0) is 22.3. The highest BCUT2D eigenvalue weighted by molar-refractivity contribution is 14.0. The smallest absolute Gasteiger partial charge is 0.230 e. The van der Waals surface area contributed by atoms with Crippen molar-refractivity contribution in [1.29, 1.82) is 0 Å². The maximum Gasteiger partial charge on any atom is 0.230 e. The quantitative estimate of drug-likeness (QED) is 0.281. The molecule has 0 aromatic carbocycles. The fourth-order valence-corrected chi connectivity index (χ4v) is 5.42. The number of aliphatic imine (C=N–C) groups is 1. The first-order chi connectivity index (χ1) is 14.9. The summed E-state index contributed by atoms with van der Waals surface area (Å²) in [4.78, 5) is 35.9. The number of halogens is 1. The third-order valence-electron chi connectivity index (χ3n) is 7.35. The maximum absolute atomic E-state index is 12.7. The predicted octanol–water partition coefficient (Wildman–Crippen LogP) is 1.75. The Hall–Kier alpha value is -1.10. The molecule has 2 saturated carbocycles. The number of piperazine rings is 1. The van der Waals surface area contributed by atoms with Gasteiger partial charge in [0.05, 0.1) is 5.41 Å². The number of rotatable bonds is 7. The van der Waals surface area contributed by atoms with Gasteiger partial charge in [0.15, 0.2) is 5.96 Å². The summed E-state index contributed by atoms with van der Waals surface area (Å²) in [5.74, 6) is 1.64. The summed E-state index contributed by atoms with van der Waals surface area (Å²) in [6, 6.07) is 0. The van der Waals surface area contributed by atoms with E-state index in [1.165, 1.54) is 12.8 Å². The largest absolute Gasteiger partial charge is 0.355 e. The number of guanidine groups is 1. The van der Waals surface area contributed by atoms with Gasteiger partial charge in [0.2, 0.25) is 11.8 Å². The van der Waals surface area contributed by atoms with Crippen LogP contribution in [0.3, 0.4) is 0 Å². The van der Waals surface area contributed by atoms with E-state index in [0.29, 0.717) is 12.5 Å². The van der Waals surface area contributed by atoms with Gasteiger partial charge < -0.3 is 20.4 Å². The molecule has 3 rings (SSSR count). The van der Waals surface area contributed by atoms with E-state index in [4.69, 9.17) is 0 Å². The number of hydrogen-bond acceptors (Lipinski definition) is 4. The van der Waals surface area contributed by atoms with Crippen LogP contribution in [0.15, 0.2) is 4.99 Å². The van der Waals surface area contributed by atoms with E-state index in [1.54, 1.807) is 11.9 Å². The summed E-state index contributed by atoms with van der Waals surface area (Å²) in [5, 5.41) is 6.80. The van der Waals surface area contributed by atoms with Crippen LogP contribution in [0.4, 0.5) is 0 Å².